The number of hydrogen-bond donors (Lipinski definition) is 1. The first kappa shape index (κ1) is 19.6. The quantitative estimate of drug-likeness (QED) is 0.380. The maximum absolute atomic E-state index is 11.3. The Morgan fingerprint density at radius 3 is 2.62 bits per heavy atom. The Morgan fingerprint density at radius 2 is 1.88 bits per heavy atom. The fraction of sp³-hybridized carbons (Fsp3) is 0.300. The summed E-state index contributed by atoms with van der Waals surface area (Å²) < 4.78 is 10.6. The fourth-order valence-electron chi connectivity index (χ4n) is 2.45. The molecule has 0 aliphatic carbocycles. The number of carbonyl (C=O) groups is 1. The smallest absolute Gasteiger partial charge is 0.337 e. The van der Waals surface area contributed by atoms with Gasteiger partial charge in [0.25, 0.3) is 0 Å². The lowest BCUT2D eigenvalue weighted by molar-refractivity contribution is -0.149. The highest BCUT2D eigenvalue weighted by Gasteiger charge is 2.21. The fourth-order valence-corrected chi connectivity index (χ4v) is 2.45. The first-order valence-electron chi connectivity index (χ1n) is 8.31. The van der Waals surface area contributed by atoms with Crippen LogP contribution >= 0.6 is 0 Å². The Labute approximate surface area is 153 Å². The third-order valence-corrected chi connectivity index (χ3v) is 3.72. The second-order valence-electron chi connectivity index (χ2n) is 5.52. The van der Waals surface area contributed by atoms with E-state index in [4.69, 9.17) is 14.3 Å². The first-order chi connectivity index (χ1) is 12.7. The van der Waals surface area contributed by atoms with Crippen molar-refractivity contribution in [3.05, 3.63) is 71.3 Å². The lowest BCUT2D eigenvalue weighted by atomic mass is 10.0. The summed E-state index contributed by atoms with van der Waals surface area (Å²) in [5, 5.41) is 13.1. The second-order valence-corrected chi connectivity index (χ2v) is 5.52. The number of nitrogens with zero attached hydrogens (tertiary/aromatic N) is 1. The van der Waals surface area contributed by atoms with Gasteiger partial charge in [-0.05, 0) is 16.7 Å². The monoisotopic (exact) mass is 357 g/mol. The Morgan fingerprint density at radius 1 is 1.15 bits per heavy atom. The molecule has 0 saturated carbocycles. The lowest BCUT2D eigenvalue weighted by Gasteiger charge is -2.15. The Hall–Kier alpha value is -2.70. The van der Waals surface area contributed by atoms with Gasteiger partial charge in [-0.25, -0.2) is 4.79 Å². The zero-order valence-electron chi connectivity index (χ0n) is 14.7. The van der Waals surface area contributed by atoms with Crippen molar-refractivity contribution in [1.29, 1.82) is 0 Å². The minimum absolute atomic E-state index is 0.263. The van der Waals surface area contributed by atoms with Gasteiger partial charge in [-0.2, -0.15) is 0 Å². The maximum Gasteiger partial charge on any atom is 0.337 e. The average molecular weight is 357 g/mol. The number of rotatable bonds is 11. The molecular formula is C20H23NO5. The van der Waals surface area contributed by atoms with Crippen molar-refractivity contribution in [3.8, 4) is 0 Å². The minimum atomic E-state index is -1.03. The molecule has 1 unspecified atom stereocenters. The number of benzene rings is 2. The molecular weight excluding hydrogens is 334 g/mol. The van der Waals surface area contributed by atoms with Gasteiger partial charge in [0, 0.05) is 13.5 Å². The standard InChI is InChI=1S/C20H23NO5/c1-24-19(20(22)23)18-10-6-5-9-17(18)15-25-14-12-21-26-13-11-16-7-3-2-4-8-16/h2-10,12,19H,11,13-15H2,1H3,(H,22,23)/b21-12+. The molecule has 0 radical (unpaired) electrons. The molecule has 0 saturated heterocycles. The van der Waals surface area contributed by atoms with E-state index in [0.29, 0.717) is 12.2 Å². The third kappa shape index (κ3) is 6.31. The van der Waals surface area contributed by atoms with Crippen LogP contribution in [0.15, 0.2) is 59.8 Å². The van der Waals surface area contributed by atoms with Crippen LogP contribution in [0.3, 0.4) is 0 Å². The first-order valence-corrected chi connectivity index (χ1v) is 8.31. The molecule has 0 aliphatic heterocycles. The van der Waals surface area contributed by atoms with Gasteiger partial charge in [0.05, 0.1) is 19.4 Å². The molecule has 0 fully saturated rings. The molecule has 138 valence electrons. The highest BCUT2D eigenvalue weighted by molar-refractivity contribution is 5.75. The highest BCUT2D eigenvalue weighted by Crippen LogP contribution is 2.21. The van der Waals surface area contributed by atoms with Crippen molar-refractivity contribution < 1.29 is 24.2 Å². The summed E-state index contributed by atoms with van der Waals surface area (Å²) in [6, 6.07) is 17.2. The van der Waals surface area contributed by atoms with E-state index in [9.17, 15) is 9.90 Å². The summed E-state index contributed by atoms with van der Waals surface area (Å²) in [5.41, 5.74) is 2.54. The van der Waals surface area contributed by atoms with E-state index in [2.05, 4.69) is 5.16 Å². The van der Waals surface area contributed by atoms with E-state index >= 15 is 0 Å². The van der Waals surface area contributed by atoms with Gasteiger partial charge < -0.3 is 19.4 Å². The van der Waals surface area contributed by atoms with Gasteiger partial charge in [0.2, 0.25) is 0 Å². The van der Waals surface area contributed by atoms with E-state index in [-0.39, 0.29) is 13.2 Å². The van der Waals surface area contributed by atoms with Crippen molar-refractivity contribution in [2.45, 2.75) is 19.1 Å². The molecule has 26 heavy (non-hydrogen) atoms. The number of methoxy groups -OCH3 is 1. The zero-order valence-corrected chi connectivity index (χ0v) is 14.7. The Kier molecular flexibility index (Phi) is 8.32. The summed E-state index contributed by atoms with van der Waals surface area (Å²) in [7, 11) is 1.37. The van der Waals surface area contributed by atoms with Crippen molar-refractivity contribution in [3.63, 3.8) is 0 Å². The topological polar surface area (TPSA) is 77.4 Å². The van der Waals surface area contributed by atoms with Crippen LogP contribution < -0.4 is 0 Å². The van der Waals surface area contributed by atoms with Crippen molar-refractivity contribution in [1.82, 2.24) is 0 Å². The third-order valence-electron chi connectivity index (χ3n) is 3.72. The molecule has 6 heteroatoms. The molecule has 1 atom stereocenters. The van der Waals surface area contributed by atoms with Crippen LogP contribution in [0.2, 0.25) is 0 Å². The van der Waals surface area contributed by atoms with Gasteiger partial charge >= 0.3 is 5.97 Å². The van der Waals surface area contributed by atoms with Crippen LogP contribution in [0.1, 0.15) is 22.8 Å². The van der Waals surface area contributed by atoms with Crippen LogP contribution in [0, 0.1) is 0 Å². The average Bonchev–Trinajstić information content (AvgIpc) is 2.66. The minimum Gasteiger partial charge on any atom is -0.479 e. The number of carboxylic acid groups (broad SMARTS) is 1. The molecule has 0 aliphatic rings. The Balaban J connectivity index is 1.72. The molecule has 2 rings (SSSR count). The van der Waals surface area contributed by atoms with Crippen LogP contribution in [-0.4, -0.2) is 37.6 Å². The number of aliphatic carboxylic acids is 1. The van der Waals surface area contributed by atoms with Gasteiger partial charge in [-0.3, -0.25) is 0 Å². The summed E-state index contributed by atoms with van der Waals surface area (Å²) >= 11 is 0. The maximum atomic E-state index is 11.3. The van der Waals surface area contributed by atoms with Crippen LogP contribution in [0.5, 0.6) is 0 Å². The van der Waals surface area contributed by atoms with E-state index in [1.807, 2.05) is 42.5 Å². The Bertz CT molecular complexity index is 702. The second kappa shape index (κ2) is 11.0. The van der Waals surface area contributed by atoms with Gasteiger partial charge in [0.1, 0.15) is 6.61 Å². The van der Waals surface area contributed by atoms with Gasteiger partial charge in [-0.1, -0.05) is 59.8 Å². The normalized spacial score (nSPS) is 12.2. The lowest BCUT2D eigenvalue weighted by Crippen LogP contribution is -2.15. The predicted octanol–water partition coefficient (Wildman–Crippen LogP) is 3.22. The van der Waals surface area contributed by atoms with Crippen molar-refractivity contribution in [2.24, 2.45) is 5.16 Å². The number of carboxylic acids is 1. The molecule has 6 nitrogen and oxygen atoms in total. The SMILES string of the molecule is COC(C(=O)O)c1ccccc1COC/C=N/OCCc1ccccc1. The van der Waals surface area contributed by atoms with Crippen LogP contribution in [-0.2, 0) is 32.1 Å². The molecule has 0 bridgehead atoms. The summed E-state index contributed by atoms with van der Waals surface area (Å²) in [5.74, 6) is -1.03. The summed E-state index contributed by atoms with van der Waals surface area (Å²) in [4.78, 5) is 16.5. The summed E-state index contributed by atoms with van der Waals surface area (Å²) in [6.45, 7) is 1.03. The van der Waals surface area contributed by atoms with Crippen LogP contribution in [0.25, 0.3) is 0 Å². The largest absolute Gasteiger partial charge is 0.479 e. The van der Waals surface area contributed by atoms with E-state index in [1.165, 1.54) is 12.7 Å². The molecule has 2 aromatic rings. The van der Waals surface area contributed by atoms with Gasteiger partial charge in [-0.15, -0.1) is 0 Å². The molecule has 0 spiro atoms. The van der Waals surface area contributed by atoms with Crippen molar-refractivity contribution in [2.75, 3.05) is 20.3 Å². The zero-order chi connectivity index (χ0) is 18.6. The highest BCUT2D eigenvalue weighted by atomic mass is 16.6. The number of hydrogen-bond acceptors (Lipinski definition) is 5. The van der Waals surface area contributed by atoms with Gasteiger partial charge in [0.15, 0.2) is 6.10 Å². The van der Waals surface area contributed by atoms with Crippen LogP contribution in [0.4, 0.5) is 0 Å². The molecule has 0 aromatic heterocycles. The number of ether oxygens (including phenoxy) is 2. The summed E-state index contributed by atoms with van der Waals surface area (Å²) in [6.07, 6.45) is 1.32. The molecule has 2 aromatic carbocycles. The molecule has 1 N–H and O–H groups in total. The molecule has 0 amide bonds. The van der Waals surface area contributed by atoms with E-state index < -0.39 is 12.1 Å². The molecule has 0 heterocycles. The van der Waals surface area contributed by atoms with E-state index in [0.717, 1.165) is 12.0 Å². The predicted molar refractivity (Wildman–Crippen MR) is 98.1 cm³/mol. The number of oxime groups is 1. The van der Waals surface area contributed by atoms with Crippen molar-refractivity contribution >= 4 is 12.2 Å². The van der Waals surface area contributed by atoms with E-state index in [1.54, 1.807) is 18.3 Å².